The van der Waals surface area contributed by atoms with Crippen molar-refractivity contribution in [1.82, 2.24) is 9.78 Å². The zero-order chi connectivity index (χ0) is 11.8. The fourth-order valence-corrected chi connectivity index (χ4v) is 2.00. The lowest BCUT2D eigenvalue weighted by atomic mass is 10.3. The fourth-order valence-electron chi connectivity index (χ4n) is 1.36. The fraction of sp³-hybridized carbons (Fsp3) is 0. The van der Waals surface area contributed by atoms with Crippen molar-refractivity contribution in [2.24, 2.45) is 5.14 Å². The van der Waals surface area contributed by atoms with Crippen molar-refractivity contribution in [1.29, 1.82) is 0 Å². The molecule has 1 aromatic carbocycles. The van der Waals surface area contributed by atoms with Crippen LogP contribution in [0.2, 0.25) is 0 Å². The molecule has 16 heavy (non-hydrogen) atoms. The number of sulfonamides is 1. The molecule has 0 unspecified atom stereocenters. The predicted molar refractivity (Wildman–Crippen MR) is 59.3 cm³/mol. The van der Waals surface area contributed by atoms with Gasteiger partial charge in [0.2, 0.25) is 10.0 Å². The van der Waals surface area contributed by atoms with Gasteiger partial charge >= 0.3 is 0 Å². The number of hydrogen-bond acceptors (Lipinski definition) is 4. The van der Waals surface area contributed by atoms with E-state index >= 15 is 0 Å². The summed E-state index contributed by atoms with van der Waals surface area (Å²) in [5.74, 6) is 0. The van der Waals surface area contributed by atoms with Crippen molar-refractivity contribution in [3.8, 4) is 5.69 Å². The lowest BCUT2D eigenvalue weighted by Crippen LogP contribution is -2.14. The summed E-state index contributed by atoms with van der Waals surface area (Å²) >= 11 is 0. The highest BCUT2D eigenvalue weighted by atomic mass is 32.2. The number of benzene rings is 1. The molecule has 0 fully saturated rings. The van der Waals surface area contributed by atoms with E-state index in [4.69, 9.17) is 10.9 Å². The summed E-state index contributed by atoms with van der Waals surface area (Å²) in [4.78, 5) is -0.0802. The van der Waals surface area contributed by atoms with Gasteiger partial charge in [0, 0.05) is 12.4 Å². The molecule has 2 rings (SSSR count). The average molecular weight is 238 g/mol. The van der Waals surface area contributed by atoms with Crippen LogP contribution in [-0.2, 0) is 10.0 Å². The highest BCUT2D eigenvalue weighted by Crippen LogP contribution is 2.20. The number of primary sulfonamides is 1. The van der Waals surface area contributed by atoms with Gasteiger partial charge in [-0.2, -0.15) is 5.10 Å². The number of nitrogens with two attached hydrogens (primary N) is 2. The molecule has 0 spiro atoms. The Labute approximate surface area is 92.5 Å². The normalized spacial score (nSPS) is 11.6. The maximum atomic E-state index is 11.1. The molecule has 0 saturated carbocycles. The van der Waals surface area contributed by atoms with E-state index in [-0.39, 0.29) is 10.6 Å². The molecule has 1 heterocycles. The molecule has 4 N–H and O–H groups in total. The molecule has 0 atom stereocenters. The number of anilines is 1. The van der Waals surface area contributed by atoms with Gasteiger partial charge in [0.15, 0.2) is 0 Å². The minimum Gasteiger partial charge on any atom is -0.398 e. The van der Waals surface area contributed by atoms with Crippen molar-refractivity contribution in [2.45, 2.75) is 4.90 Å². The number of aromatic nitrogens is 2. The van der Waals surface area contributed by atoms with Gasteiger partial charge < -0.3 is 5.73 Å². The first-order valence-corrected chi connectivity index (χ1v) is 5.95. The molecule has 1 aromatic heterocycles. The van der Waals surface area contributed by atoms with Gasteiger partial charge in [-0.3, -0.25) is 0 Å². The molecule has 0 saturated heterocycles. The Morgan fingerprint density at radius 2 is 2.06 bits per heavy atom. The van der Waals surface area contributed by atoms with Crippen LogP contribution < -0.4 is 10.9 Å². The van der Waals surface area contributed by atoms with Gasteiger partial charge in [0.25, 0.3) is 0 Å². The van der Waals surface area contributed by atoms with Crippen LogP contribution in [0, 0.1) is 0 Å². The van der Waals surface area contributed by atoms with Crippen LogP contribution in [0.25, 0.3) is 5.69 Å². The molecule has 6 nitrogen and oxygen atoms in total. The van der Waals surface area contributed by atoms with Crippen molar-refractivity contribution in [2.75, 3.05) is 5.73 Å². The molecule has 0 bridgehead atoms. The maximum absolute atomic E-state index is 11.1. The number of nitrogens with zero attached hydrogens (tertiary/aromatic N) is 2. The van der Waals surface area contributed by atoms with E-state index in [2.05, 4.69) is 5.10 Å². The van der Waals surface area contributed by atoms with E-state index in [0.29, 0.717) is 5.69 Å². The summed E-state index contributed by atoms with van der Waals surface area (Å²) in [6, 6.07) is 6.21. The summed E-state index contributed by atoms with van der Waals surface area (Å²) < 4.78 is 23.8. The Bertz CT molecular complexity index is 604. The van der Waals surface area contributed by atoms with Crippen molar-refractivity contribution < 1.29 is 8.42 Å². The van der Waals surface area contributed by atoms with Gasteiger partial charge in [-0.05, 0) is 24.3 Å². The van der Waals surface area contributed by atoms with E-state index in [1.807, 2.05) is 0 Å². The van der Waals surface area contributed by atoms with Gasteiger partial charge in [0.1, 0.15) is 4.90 Å². The van der Waals surface area contributed by atoms with E-state index in [9.17, 15) is 8.42 Å². The molecule has 0 amide bonds. The zero-order valence-corrected chi connectivity index (χ0v) is 9.05. The van der Waals surface area contributed by atoms with E-state index < -0.39 is 10.0 Å². The van der Waals surface area contributed by atoms with Crippen LogP contribution in [-0.4, -0.2) is 18.2 Å². The number of rotatable bonds is 2. The van der Waals surface area contributed by atoms with Crippen LogP contribution in [0.5, 0.6) is 0 Å². The van der Waals surface area contributed by atoms with Crippen LogP contribution in [0.3, 0.4) is 0 Å². The Kier molecular flexibility index (Phi) is 2.41. The largest absolute Gasteiger partial charge is 0.398 e. The first-order valence-electron chi connectivity index (χ1n) is 4.41. The predicted octanol–water partition coefficient (Wildman–Crippen LogP) is 0.102. The van der Waals surface area contributed by atoms with Gasteiger partial charge in [-0.15, -0.1) is 0 Å². The second-order valence-corrected chi connectivity index (χ2v) is 4.75. The maximum Gasteiger partial charge on any atom is 0.240 e. The molecule has 0 aliphatic rings. The Balaban J connectivity index is 2.53. The smallest absolute Gasteiger partial charge is 0.240 e. The van der Waals surface area contributed by atoms with Crippen LogP contribution in [0.4, 0.5) is 5.69 Å². The lowest BCUT2D eigenvalue weighted by molar-refractivity contribution is 0.598. The van der Waals surface area contributed by atoms with Crippen LogP contribution in [0.1, 0.15) is 0 Å². The van der Waals surface area contributed by atoms with Crippen molar-refractivity contribution >= 4 is 15.7 Å². The number of nitrogen functional groups attached to an aromatic ring is 1. The molecule has 84 valence electrons. The standard InChI is InChI=1S/C9H10N4O2S/c10-8-6-7(13-5-1-4-12-13)2-3-9(8)16(11,14)15/h1-6H,10H2,(H2,11,14,15). The highest BCUT2D eigenvalue weighted by molar-refractivity contribution is 7.89. The molecular weight excluding hydrogens is 228 g/mol. The zero-order valence-electron chi connectivity index (χ0n) is 8.24. The summed E-state index contributed by atoms with van der Waals surface area (Å²) in [6.07, 6.45) is 3.34. The molecule has 0 aliphatic carbocycles. The average Bonchev–Trinajstić information content (AvgIpc) is 2.68. The second-order valence-electron chi connectivity index (χ2n) is 3.22. The second kappa shape index (κ2) is 3.62. The van der Waals surface area contributed by atoms with Crippen molar-refractivity contribution in [3.63, 3.8) is 0 Å². The summed E-state index contributed by atoms with van der Waals surface area (Å²) in [5.41, 5.74) is 6.40. The van der Waals surface area contributed by atoms with Crippen LogP contribution in [0.15, 0.2) is 41.6 Å². The lowest BCUT2D eigenvalue weighted by Gasteiger charge is -2.06. The number of hydrogen-bond donors (Lipinski definition) is 2. The Hall–Kier alpha value is -1.86. The summed E-state index contributed by atoms with van der Waals surface area (Å²) in [6.45, 7) is 0. The highest BCUT2D eigenvalue weighted by Gasteiger charge is 2.12. The third kappa shape index (κ3) is 1.90. The molecule has 0 radical (unpaired) electrons. The molecule has 2 aromatic rings. The van der Waals surface area contributed by atoms with Gasteiger partial charge in [-0.25, -0.2) is 18.2 Å². The molecular formula is C9H10N4O2S. The topological polar surface area (TPSA) is 104 Å². The SMILES string of the molecule is Nc1cc(-n2cccn2)ccc1S(N)(=O)=O. The van der Waals surface area contributed by atoms with E-state index in [1.54, 1.807) is 29.2 Å². The Morgan fingerprint density at radius 3 is 2.56 bits per heavy atom. The summed E-state index contributed by atoms with van der Waals surface area (Å²) in [7, 11) is -3.77. The van der Waals surface area contributed by atoms with E-state index in [1.165, 1.54) is 12.1 Å². The first-order chi connectivity index (χ1) is 7.48. The third-order valence-electron chi connectivity index (χ3n) is 2.07. The quantitative estimate of drug-likeness (QED) is 0.724. The minimum atomic E-state index is -3.77. The Morgan fingerprint density at radius 1 is 1.31 bits per heavy atom. The van der Waals surface area contributed by atoms with Crippen LogP contribution >= 0.6 is 0 Å². The summed E-state index contributed by atoms with van der Waals surface area (Å²) in [5, 5.41) is 9.00. The monoisotopic (exact) mass is 238 g/mol. The molecule has 7 heteroatoms. The first kappa shape index (κ1) is 10.7. The third-order valence-corrected chi connectivity index (χ3v) is 3.05. The van der Waals surface area contributed by atoms with Crippen molar-refractivity contribution in [3.05, 3.63) is 36.7 Å². The van der Waals surface area contributed by atoms with E-state index in [0.717, 1.165) is 0 Å². The minimum absolute atomic E-state index is 0.0802. The van der Waals surface area contributed by atoms with Gasteiger partial charge in [0.05, 0.1) is 11.4 Å². The molecule has 0 aliphatic heterocycles. The van der Waals surface area contributed by atoms with Gasteiger partial charge in [-0.1, -0.05) is 0 Å².